The van der Waals surface area contributed by atoms with Crippen LogP contribution in [0.15, 0.2) is 78.9 Å². The Morgan fingerprint density at radius 2 is 1.48 bits per heavy atom. The third-order valence-corrected chi connectivity index (χ3v) is 4.43. The van der Waals surface area contributed by atoms with E-state index >= 15 is 0 Å². The number of ether oxygens (including phenoxy) is 2. The second-order valence-corrected chi connectivity index (χ2v) is 6.78. The predicted molar refractivity (Wildman–Crippen MR) is 116 cm³/mol. The zero-order chi connectivity index (χ0) is 22.2. The van der Waals surface area contributed by atoms with E-state index in [2.05, 4.69) is 5.32 Å². The first kappa shape index (κ1) is 21.6. The number of amides is 2. The minimum Gasteiger partial charge on any atom is -0.489 e. The summed E-state index contributed by atoms with van der Waals surface area (Å²) in [4.78, 5) is 35.7. The number of hydrogen-bond acceptors (Lipinski definition) is 5. The van der Waals surface area contributed by atoms with Gasteiger partial charge < -0.3 is 20.5 Å². The molecule has 0 radical (unpaired) electrons. The van der Waals surface area contributed by atoms with Crippen LogP contribution in [0, 0.1) is 0 Å². The minimum atomic E-state index is -1.02. The fraction of sp³-hybridized carbons (Fsp3) is 0.125. The molecule has 1 atom stereocenters. The lowest BCUT2D eigenvalue weighted by Crippen LogP contribution is -2.30. The van der Waals surface area contributed by atoms with Gasteiger partial charge in [0.2, 0.25) is 5.91 Å². The number of rotatable bonds is 8. The lowest BCUT2D eigenvalue weighted by Gasteiger charge is -2.14. The van der Waals surface area contributed by atoms with E-state index in [4.69, 9.17) is 15.2 Å². The van der Waals surface area contributed by atoms with Crippen LogP contribution in [0.4, 0.5) is 5.69 Å². The van der Waals surface area contributed by atoms with E-state index in [1.807, 2.05) is 30.3 Å². The van der Waals surface area contributed by atoms with Gasteiger partial charge in [-0.3, -0.25) is 9.59 Å². The van der Waals surface area contributed by atoms with E-state index in [1.54, 1.807) is 36.4 Å². The van der Waals surface area contributed by atoms with Crippen molar-refractivity contribution in [1.82, 2.24) is 0 Å². The maximum absolute atomic E-state index is 12.3. The zero-order valence-electron chi connectivity index (χ0n) is 16.9. The number of carbonyl (C=O) groups is 3. The van der Waals surface area contributed by atoms with Gasteiger partial charge in [-0.05, 0) is 61.0 Å². The molecule has 0 aromatic heterocycles. The summed E-state index contributed by atoms with van der Waals surface area (Å²) in [6.45, 7) is 1.89. The zero-order valence-corrected chi connectivity index (χ0v) is 16.9. The first-order valence-corrected chi connectivity index (χ1v) is 9.61. The average molecular weight is 418 g/mol. The number of esters is 1. The molecule has 3 N–H and O–H groups in total. The Balaban J connectivity index is 1.51. The summed E-state index contributed by atoms with van der Waals surface area (Å²) >= 11 is 0. The molecule has 0 spiro atoms. The number of hydrogen-bond donors (Lipinski definition) is 2. The molecule has 0 bridgehead atoms. The molecule has 3 aromatic carbocycles. The maximum Gasteiger partial charge on any atom is 0.338 e. The average Bonchev–Trinajstić information content (AvgIpc) is 2.79. The van der Waals surface area contributed by atoms with Gasteiger partial charge in [0.15, 0.2) is 6.10 Å². The van der Waals surface area contributed by atoms with Crippen molar-refractivity contribution in [2.24, 2.45) is 5.73 Å². The van der Waals surface area contributed by atoms with Crippen LogP contribution in [0.3, 0.4) is 0 Å². The van der Waals surface area contributed by atoms with Crippen molar-refractivity contribution >= 4 is 23.5 Å². The number of carbonyl (C=O) groups excluding carboxylic acids is 3. The molecule has 0 heterocycles. The molecule has 7 heteroatoms. The number of benzene rings is 3. The Labute approximate surface area is 179 Å². The smallest absolute Gasteiger partial charge is 0.338 e. The van der Waals surface area contributed by atoms with Gasteiger partial charge >= 0.3 is 5.97 Å². The molecule has 0 fully saturated rings. The number of nitrogens with two attached hydrogens (primary N) is 1. The van der Waals surface area contributed by atoms with Crippen LogP contribution < -0.4 is 15.8 Å². The highest BCUT2D eigenvalue weighted by Gasteiger charge is 2.19. The second-order valence-electron chi connectivity index (χ2n) is 6.78. The third kappa shape index (κ3) is 6.17. The molecule has 0 aliphatic rings. The van der Waals surface area contributed by atoms with Gasteiger partial charge in [0.25, 0.3) is 5.91 Å². The van der Waals surface area contributed by atoms with Crippen LogP contribution in [-0.4, -0.2) is 23.9 Å². The molecule has 3 aromatic rings. The highest BCUT2D eigenvalue weighted by Crippen LogP contribution is 2.16. The Morgan fingerprint density at radius 1 is 0.871 bits per heavy atom. The Kier molecular flexibility index (Phi) is 7.01. The second kappa shape index (κ2) is 10.1. The van der Waals surface area contributed by atoms with Gasteiger partial charge in [-0.1, -0.05) is 30.3 Å². The van der Waals surface area contributed by atoms with Gasteiger partial charge in [0, 0.05) is 11.3 Å². The van der Waals surface area contributed by atoms with Crippen molar-refractivity contribution in [2.45, 2.75) is 19.6 Å². The van der Waals surface area contributed by atoms with Gasteiger partial charge in [-0.2, -0.15) is 0 Å². The molecule has 0 saturated carbocycles. The van der Waals surface area contributed by atoms with E-state index in [1.165, 1.54) is 19.1 Å². The number of nitrogens with one attached hydrogen (secondary N) is 1. The summed E-state index contributed by atoms with van der Waals surface area (Å²) in [6.07, 6.45) is -1.02. The molecule has 158 valence electrons. The van der Waals surface area contributed by atoms with E-state index in [0.717, 1.165) is 5.56 Å². The normalized spacial score (nSPS) is 11.3. The van der Waals surface area contributed by atoms with Gasteiger partial charge in [-0.15, -0.1) is 0 Å². The molecule has 0 saturated heterocycles. The Morgan fingerprint density at radius 3 is 2.10 bits per heavy atom. The Hall–Kier alpha value is -4.13. The summed E-state index contributed by atoms with van der Waals surface area (Å²) < 4.78 is 10.9. The van der Waals surface area contributed by atoms with Gasteiger partial charge in [0.1, 0.15) is 12.4 Å². The van der Waals surface area contributed by atoms with Crippen LogP contribution in [0.2, 0.25) is 0 Å². The van der Waals surface area contributed by atoms with Gasteiger partial charge in [-0.25, -0.2) is 4.79 Å². The largest absolute Gasteiger partial charge is 0.489 e. The van der Waals surface area contributed by atoms with Crippen molar-refractivity contribution in [3.63, 3.8) is 0 Å². The monoisotopic (exact) mass is 418 g/mol. The topological polar surface area (TPSA) is 108 Å². The number of primary amides is 1. The van der Waals surface area contributed by atoms with Crippen LogP contribution in [0.25, 0.3) is 0 Å². The highest BCUT2D eigenvalue weighted by molar-refractivity contribution is 5.98. The summed E-state index contributed by atoms with van der Waals surface area (Å²) in [6, 6.07) is 22.3. The van der Waals surface area contributed by atoms with Crippen LogP contribution in [0.1, 0.15) is 33.2 Å². The summed E-state index contributed by atoms with van der Waals surface area (Å²) in [5, 5.41) is 2.62. The van der Waals surface area contributed by atoms with Crippen LogP contribution in [-0.2, 0) is 16.1 Å². The summed E-state index contributed by atoms with van der Waals surface area (Å²) in [7, 11) is 0. The molecular formula is C24H22N2O5. The molecular weight excluding hydrogens is 396 g/mol. The van der Waals surface area contributed by atoms with E-state index in [0.29, 0.717) is 29.2 Å². The molecule has 0 aliphatic carbocycles. The fourth-order valence-electron chi connectivity index (χ4n) is 2.67. The molecule has 0 unspecified atom stereocenters. The van der Waals surface area contributed by atoms with Crippen molar-refractivity contribution < 1.29 is 23.9 Å². The van der Waals surface area contributed by atoms with Crippen molar-refractivity contribution in [2.75, 3.05) is 5.32 Å². The minimum absolute atomic E-state index is 0.303. The first-order chi connectivity index (χ1) is 14.9. The van der Waals surface area contributed by atoms with E-state index in [-0.39, 0.29) is 0 Å². The van der Waals surface area contributed by atoms with Gasteiger partial charge in [0.05, 0.1) is 5.56 Å². The molecule has 3 rings (SSSR count). The fourth-order valence-corrected chi connectivity index (χ4v) is 2.67. The lowest BCUT2D eigenvalue weighted by atomic mass is 10.2. The molecule has 0 aliphatic heterocycles. The van der Waals surface area contributed by atoms with Crippen molar-refractivity contribution in [1.29, 1.82) is 0 Å². The first-order valence-electron chi connectivity index (χ1n) is 9.61. The standard InChI is InChI=1S/C24H22N2O5/c1-16(23(28)26-20-11-7-18(8-12-20)22(25)27)31-24(29)19-9-13-21(14-10-19)30-15-17-5-3-2-4-6-17/h2-14,16H,15H2,1H3,(H2,25,27)(H,26,28)/t16-/m0/s1. The summed E-state index contributed by atoms with van der Waals surface area (Å²) in [5.74, 6) is -1.06. The van der Waals surface area contributed by atoms with Crippen molar-refractivity contribution in [3.8, 4) is 5.75 Å². The predicted octanol–water partition coefficient (Wildman–Crippen LogP) is 3.55. The lowest BCUT2D eigenvalue weighted by molar-refractivity contribution is -0.123. The van der Waals surface area contributed by atoms with Crippen LogP contribution in [0.5, 0.6) is 5.75 Å². The molecule has 7 nitrogen and oxygen atoms in total. The SMILES string of the molecule is C[C@H](OC(=O)c1ccc(OCc2ccccc2)cc1)C(=O)Nc1ccc(C(N)=O)cc1. The maximum atomic E-state index is 12.3. The number of anilines is 1. The molecule has 31 heavy (non-hydrogen) atoms. The quantitative estimate of drug-likeness (QED) is 0.544. The van der Waals surface area contributed by atoms with E-state index < -0.39 is 23.9 Å². The molecule has 2 amide bonds. The highest BCUT2D eigenvalue weighted by atomic mass is 16.5. The Bertz CT molecular complexity index is 1050. The van der Waals surface area contributed by atoms with Crippen molar-refractivity contribution in [3.05, 3.63) is 95.6 Å². The third-order valence-electron chi connectivity index (χ3n) is 4.43. The van der Waals surface area contributed by atoms with Crippen LogP contribution >= 0.6 is 0 Å². The summed E-state index contributed by atoms with van der Waals surface area (Å²) in [5.41, 5.74) is 7.31. The van der Waals surface area contributed by atoms with E-state index in [9.17, 15) is 14.4 Å².